The molecule has 3 rings (SSSR count). The van der Waals surface area contributed by atoms with Gasteiger partial charge in [-0.15, -0.1) is 0 Å². The van der Waals surface area contributed by atoms with Gasteiger partial charge in [0.05, 0.1) is 5.56 Å². The SMILES string of the molecule is Cc1cc(Cl)ccc1NC(=O)COc1ccccc1C(=O)Nc1ccccc1. The van der Waals surface area contributed by atoms with Gasteiger partial charge >= 0.3 is 0 Å². The van der Waals surface area contributed by atoms with Crippen LogP contribution in [0.2, 0.25) is 5.02 Å². The molecule has 3 aromatic carbocycles. The van der Waals surface area contributed by atoms with E-state index >= 15 is 0 Å². The Labute approximate surface area is 168 Å². The third-order valence-corrected chi connectivity index (χ3v) is 4.22. The van der Waals surface area contributed by atoms with Crippen molar-refractivity contribution in [2.24, 2.45) is 0 Å². The number of nitrogens with one attached hydrogen (secondary N) is 2. The number of benzene rings is 3. The second-order valence-corrected chi connectivity index (χ2v) is 6.55. The van der Waals surface area contributed by atoms with Crippen LogP contribution in [0, 0.1) is 6.92 Å². The predicted molar refractivity (Wildman–Crippen MR) is 111 cm³/mol. The van der Waals surface area contributed by atoms with E-state index in [0.717, 1.165) is 5.56 Å². The van der Waals surface area contributed by atoms with Crippen LogP contribution in [0.4, 0.5) is 11.4 Å². The lowest BCUT2D eigenvalue weighted by Gasteiger charge is -2.13. The normalized spacial score (nSPS) is 10.2. The molecule has 5 nitrogen and oxygen atoms in total. The fourth-order valence-corrected chi connectivity index (χ4v) is 2.82. The average Bonchev–Trinajstić information content (AvgIpc) is 2.69. The number of amides is 2. The highest BCUT2D eigenvalue weighted by atomic mass is 35.5. The standard InChI is InChI=1S/C22H19ClN2O3/c1-15-13-16(23)11-12-19(15)25-21(26)14-28-20-10-6-5-9-18(20)22(27)24-17-7-3-2-4-8-17/h2-13H,14H2,1H3,(H,24,27)(H,25,26). The molecular formula is C22H19ClN2O3. The molecule has 2 N–H and O–H groups in total. The Morgan fingerprint density at radius 3 is 2.39 bits per heavy atom. The summed E-state index contributed by atoms with van der Waals surface area (Å²) in [4.78, 5) is 24.8. The number of aryl methyl sites for hydroxylation is 1. The monoisotopic (exact) mass is 394 g/mol. The highest BCUT2D eigenvalue weighted by Crippen LogP contribution is 2.21. The summed E-state index contributed by atoms with van der Waals surface area (Å²) in [6.45, 7) is 1.63. The molecule has 0 bridgehead atoms. The van der Waals surface area contributed by atoms with Gasteiger partial charge in [0.25, 0.3) is 11.8 Å². The number of hydrogen-bond donors (Lipinski definition) is 2. The van der Waals surface area contributed by atoms with Gasteiger partial charge in [-0.2, -0.15) is 0 Å². The lowest BCUT2D eigenvalue weighted by atomic mass is 10.2. The zero-order valence-electron chi connectivity index (χ0n) is 15.2. The van der Waals surface area contributed by atoms with Crippen molar-refractivity contribution in [1.29, 1.82) is 0 Å². The van der Waals surface area contributed by atoms with Gasteiger partial charge in [0.1, 0.15) is 5.75 Å². The topological polar surface area (TPSA) is 67.4 Å². The summed E-state index contributed by atoms with van der Waals surface area (Å²) in [5, 5.41) is 6.18. The third kappa shape index (κ3) is 5.11. The largest absolute Gasteiger partial charge is 0.483 e. The van der Waals surface area contributed by atoms with Crippen LogP contribution in [0.3, 0.4) is 0 Å². The zero-order valence-corrected chi connectivity index (χ0v) is 16.0. The maximum Gasteiger partial charge on any atom is 0.262 e. The molecule has 6 heteroatoms. The first-order valence-corrected chi connectivity index (χ1v) is 9.05. The average molecular weight is 395 g/mol. The van der Waals surface area contributed by atoms with Crippen LogP contribution in [-0.2, 0) is 4.79 Å². The van der Waals surface area contributed by atoms with Gasteiger partial charge in [-0.1, -0.05) is 41.9 Å². The quantitative estimate of drug-likeness (QED) is 0.623. The van der Waals surface area contributed by atoms with Gasteiger partial charge in [-0.05, 0) is 55.0 Å². The van der Waals surface area contributed by atoms with E-state index in [9.17, 15) is 9.59 Å². The van der Waals surface area contributed by atoms with E-state index in [1.165, 1.54) is 0 Å². The minimum atomic E-state index is -0.330. The first kappa shape index (κ1) is 19.5. The molecule has 0 aliphatic heterocycles. The van der Waals surface area contributed by atoms with Crippen LogP contribution < -0.4 is 15.4 Å². The summed E-state index contributed by atoms with van der Waals surface area (Å²) in [7, 11) is 0. The molecule has 0 aliphatic carbocycles. The molecule has 0 saturated heterocycles. The maximum atomic E-state index is 12.5. The van der Waals surface area contributed by atoms with Crippen molar-refractivity contribution in [1.82, 2.24) is 0 Å². The molecule has 0 fully saturated rings. The second-order valence-electron chi connectivity index (χ2n) is 6.11. The molecule has 0 saturated carbocycles. The molecule has 28 heavy (non-hydrogen) atoms. The van der Waals surface area contributed by atoms with Crippen molar-refractivity contribution in [2.75, 3.05) is 17.2 Å². The van der Waals surface area contributed by atoms with Crippen molar-refractivity contribution in [3.8, 4) is 5.75 Å². The smallest absolute Gasteiger partial charge is 0.262 e. The molecule has 142 valence electrons. The first-order valence-electron chi connectivity index (χ1n) is 8.67. The number of halogens is 1. The van der Waals surface area contributed by atoms with E-state index in [4.69, 9.17) is 16.3 Å². The second kappa shape index (κ2) is 9.06. The van der Waals surface area contributed by atoms with Gasteiger partial charge in [-0.25, -0.2) is 0 Å². The molecule has 0 aromatic heterocycles. The number of anilines is 2. The zero-order chi connectivity index (χ0) is 19.9. The summed E-state index contributed by atoms with van der Waals surface area (Å²) >= 11 is 5.92. The Morgan fingerprint density at radius 1 is 0.929 bits per heavy atom. The molecule has 3 aromatic rings. The summed E-state index contributed by atoms with van der Waals surface area (Å²) < 4.78 is 5.59. The molecular weight excluding hydrogens is 376 g/mol. The van der Waals surface area contributed by atoms with Crippen LogP contribution in [-0.4, -0.2) is 18.4 Å². The maximum absolute atomic E-state index is 12.5. The number of para-hydroxylation sites is 2. The number of ether oxygens (including phenoxy) is 1. The van der Waals surface area contributed by atoms with Gasteiger partial charge in [0.2, 0.25) is 0 Å². The van der Waals surface area contributed by atoms with E-state index in [0.29, 0.717) is 27.7 Å². The van der Waals surface area contributed by atoms with Gasteiger partial charge in [0, 0.05) is 16.4 Å². The molecule has 0 spiro atoms. The van der Waals surface area contributed by atoms with Crippen LogP contribution in [0.5, 0.6) is 5.75 Å². The van der Waals surface area contributed by atoms with Crippen molar-refractivity contribution in [3.05, 3.63) is 88.9 Å². The fourth-order valence-electron chi connectivity index (χ4n) is 2.60. The molecule has 0 aliphatic rings. The minimum Gasteiger partial charge on any atom is -0.483 e. The van der Waals surface area contributed by atoms with Gasteiger partial charge < -0.3 is 15.4 Å². The Hall–Kier alpha value is -3.31. The number of carbonyl (C=O) groups excluding carboxylic acids is 2. The lowest BCUT2D eigenvalue weighted by molar-refractivity contribution is -0.118. The van der Waals surface area contributed by atoms with Crippen molar-refractivity contribution in [2.45, 2.75) is 6.92 Å². The van der Waals surface area contributed by atoms with Crippen LogP contribution in [0.1, 0.15) is 15.9 Å². The lowest BCUT2D eigenvalue weighted by Crippen LogP contribution is -2.22. The minimum absolute atomic E-state index is 0.225. The number of carbonyl (C=O) groups is 2. The third-order valence-electron chi connectivity index (χ3n) is 3.98. The number of hydrogen-bond acceptors (Lipinski definition) is 3. The van der Waals surface area contributed by atoms with Gasteiger partial charge in [0.15, 0.2) is 6.61 Å². The van der Waals surface area contributed by atoms with Crippen LogP contribution in [0.25, 0.3) is 0 Å². The Balaban J connectivity index is 1.64. The summed E-state index contributed by atoms with van der Waals surface area (Å²) in [5.41, 5.74) is 2.54. The Morgan fingerprint density at radius 2 is 1.64 bits per heavy atom. The van der Waals surface area contributed by atoms with Crippen molar-refractivity contribution >= 4 is 34.8 Å². The first-order chi connectivity index (χ1) is 13.5. The number of rotatable bonds is 6. The van der Waals surface area contributed by atoms with E-state index in [1.54, 1.807) is 54.6 Å². The molecule has 0 radical (unpaired) electrons. The van der Waals surface area contributed by atoms with E-state index < -0.39 is 0 Å². The highest BCUT2D eigenvalue weighted by Gasteiger charge is 2.14. The van der Waals surface area contributed by atoms with Crippen molar-refractivity contribution < 1.29 is 14.3 Å². The van der Waals surface area contributed by atoms with Crippen LogP contribution in [0.15, 0.2) is 72.8 Å². The highest BCUT2D eigenvalue weighted by molar-refractivity contribution is 6.30. The summed E-state index contributed by atoms with van der Waals surface area (Å²) in [5.74, 6) is -0.307. The molecule has 0 unspecified atom stereocenters. The molecule has 0 atom stereocenters. The van der Waals surface area contributed by atoms with E-state index in [1.807, 2.05) is 25.1 Å². The van der Waals surface area contributed by atoms with E-state index in [2.05, 4.69) is 10.6 Å². The summed E-state index contributed by atoms with van der Waals surface area (Å²) in [6.07, 6.45) is 0. The summed E-state index contributed by atoms with van der Waals surface area (Å²) in [6, 6.07) is 21.1. The molecule has 2 amide bonds. The van der Waals surface area contributed by atoms with Crippen LogP contribution >= 0.6 is 11.6 Å². The fraction of sp³-hybridized carbons (Fsp3) is 0.0909. The molecule has 0 heterocycles. The van der Waals surface area contributed by atoms with E-state index in [-0.39, 0.29) is 18.4 Å². The van der Waals surface area contributed by atoms with Gasteiger partial charge in [-0.3, -0.25) is 9.59 Å². The Kier molecular flexibility index (Phi) is 6.29. The predicted octanol–water partition coefficient (Wildman–Crippen LogP) is 4.92. The Bertz CT molecular complexity index is 990. The van der Waals surface area contributed by atoms with Crippen molar-refractivity contribution in [3.63, 3.8) is 0 Å².